The molecule has 122 valence electrons. The molecule has 1 N–H and O–H groups in total. The first-order chi connectivity index (χ1) is 11.1. The SMILES string of the molecule is CN(Cc1ccc2c(c1)OCO2)C(=O)NCCc1cnn(C)c1. The molecule has 0 radical (unpaired) electrons. The van der Waals surface area contributed by atoms with Crippen molar-refractivity contribution in [3.63, 3.8) is 0 Å². The molecule has 0 aliphatic carbocycles. The average molecular weight is 316 g/mol. The molecular formula is C16H20N4O3. The number of ether oxygens (including phenoxy) is 2. The minimum absolute atomic E-state index is 0.105. The van der Waals surface area contributed by atoms with Crippen LogP contribution in [0.1, 0.15) is 11.1 Å². The van der Waals surface area contributed by atoms with Gasteiger partial charge in [-0.2, -0.15) is 5.10 Å². The number of amides is 2. The molecule has 0 bridgehead atoms. The van der Waals surface area contributed by atoms with Crippen molar-refractivity contribution in [2.45, 2.75) is 13.0 Å². The Hall–Kier alpha value is -2.70. The summed E-state index contributed by atoms with van der Waals surface area (Å²) >= 11 is 0. The lowest BCUT2D eigenvalue weighted by atomic mass is 10.2. The van der Waals surface area contributed by atoms with Gasteiger partial charge >= 0.3 is 6.03 Å². The normalized spacial score (nSPS) is 12.3. The van der Waals surface area contributed by atoms with E-state index in [4.69, 9.17) is 9.47 Å². The third-order valence-corrected chi connectivity index (χ3v) is 3.65. The number of nitrogens with zero attached hydrogens (tertiary/aromatic N) is 3. The van der Waals surface area contributed by atoms with Gasteiger partial charge in [0, 0.05) is 33.4 Å². The average Bonchev–Trinajstić information content (AvgIpc) is 3.15. The van der Waals surface area contributed by atoms with Crippen LogP contribution in [0.4, 0.5) is 4.79 Å². The highest BCUT2D eigenvalue weighted by atomic mass is 16.7. The predicted molar refractivity (Wildman–Crippen MR) is 84.3 cm³/mol. The minimum Gasteiger partial charge on any atom is -0.454 e. The zero-order chi connectivity index (χ0) is 16.2. The van der Waals surface area contributed by atoms with Crippen molar-refractivity contribution in [3.8, 4) is 11.5 Å². The zero-order valence-corrected chi connectivity index (χ0v) is 13.3. The van der Waals surface area contributed by atoms with Gasteiger partial charge in [0.2, 0.25) is 6.79 Å². The Bertz CT molecular complexity index is 698. The summed E-state index contributed by atoms with van der Waals surface area (Å²) in [5, 5.41) is 7.01. The number of carbonyl (C=O) groups excluding carboxylic acids is 1. The monoisotopic (exact) mass is 316 g/mol. The molecule has 1 aliphatic rings. The van der Waals surface area contributed by atoms with Crippen molar-refractivity contribution in [2.75, 3.05) is 20.4 Å². The van der Waals surface area contributed by atoms with E-state index in [9.17, 15) is 4.79 Å². The highest BCUT2D eigenvalue weighted by Gasteiger charge is 2.15. The van der Waals surface area contributed by atoms with E-state index in [0.29, 0.717) is 13.1 Å². The van der Waals surface area contributed by atoms with E-state index < -0.39 is 0 Å². The first kappa shape index (κ1) is 15.2. The van der Waals surface area contributed by atoms with Crippen LogP contribution in [0, 0.1) is 0 Å². The van der Waals surface area contributed by atoms with Crippen LogP contribution in [-0.2, 0) is 20.0 Å². The highest BCUT2D eigenvalue weighted by molar-refractivity contribution is 5.73. The number of urea groups is 1. The molecule has 7 nitrogen and oxygen atoms in total. The van der Waals surface area contributed by atoms with Crippen LogP contribution in [0.3, 0.4) is 0 Å². The number of aryl methyl sites for hydroxylation is 1. The molecule has 1 aliphatic heterocycles. The van der Waals surface area contributed by atoms with E-state index in [1.54, 1.807) is 16.6 Å². The fraction of sp³-hybridized carbons (Fsp3) is 0.375. The summed E-state index contributed by atoms with van der Waals surface area (Å²) in [4.78, 5) is 13.8. The lowest BCUT2D eigenvalue weighted by Gasteiger charge is -2.18. The maximum atomic E-state index is 12.1. The predicted octanol–water partition coefficient (Wildman–Crippen LogP) is 1.53. The molecule has 23 heavy (non-hydrogen) atoms. The lowest BCUT2D eigenvalue weighted by Crippen LogP contribution is -2.37. The molecule has 0 saturated carbocycles. The molecule has 2 heterocycles. The van der Waals surface area contributed by atoms with Crippen LogP contribution >= 0.6 is 0 Å². The van der Waals surface area contributed by atoms with Crippen molar-refractivity contribution in [2.24, 2.45) is 7.05 Å². The topological polar surface area (TPSA) is 68.6 Å². The maximum Gasteiger partial charge on any atom is 0.317 e. The number of carbonyl (C=O) groups is 1. The molecule has 0 saturated heterocycles. The van der Waals surface area contributed by atoms with E-state index in [1.807, 2.05) is 37.6 Å². The Kier molecular flexibility index (Phi) is 4.36. The lowest BCUT2D eigenvalue weighted by molar-refractivity contribution is 0.174. The smallest absolute Gasteiger partial charge is 0.317 e. The third-order valence-electron chi connectivity index (χ3n) is 3.65. The molecular weight excluding hydrogens is 296 g/mol. The molecule has 1 aromatic carbocycles. The number of benzene rings is 1. The molecule has 0 spiro atoms. The molecule has 0 atom stereocenters. The Balaban J connectivity index is 1.47. The first-order valence-corrected chi connectivity index (χ1v) is 7.47. The maximum absolute atomic E-state index is 12.1. The number of fused-ring (bicyclic) bond motifs is 1. The summed E-state index contributed by atoms with van der Waals surface area (Å²) in [5.74, 6) is 1.48. The quantitative estimate of drug-likeness (QED) is 0.908. The number of rotatable bonds is 5. The van der Waals surface area contributed by atoms with Gasteiger partial charge < -0.3 is 19.7 Å². The minimum atomic E-state index is -0.105. The van der Waals surface area contributed by atoms with E-state index in [1.165, 1.54) is 0 Å². The van der Waals surface area contributed by atoms with Crippen LogP contribution in [0.25, 0.3) is 0 Å². The van der Waals surface area contributed by atoms with Crippen molar-refractivity contribution in [3.05, 3.63) is 41.7 Å². The van der Waals surface area contributed by atoms with Crippen LogP contribution in [0.5, 0.6) is 11.5 Å². The van der Waals surface area contributed by atoms with Gasteiger partial charge in [0.25, 0.3) is 0 Å². The van der Waals surface area contributed by atoms with Gasteiger partial charge in [0.15, 0.2) is 11.5 Å². The Labute approximate surface area is 134 Å². The number of nitrogens with one attached hydrogen (secondary N) is 1. The van der Waals surface area contributed by atoms with Gasteiger partial charge in [-0.3, -0.25) is 4.68 Å². The van der Waals surface area contributed by atoms with Crippen molar-refractivity contribution < 1.29 is 14.3 Å². The van der Waals surface area contributed by atoms with E-state index >= 15 is 0 Å². The molecule has 3 rings (SSSR count). The number of aromatic nitrogens is 2. The van der Waals surface area contributed by atoms with Crippen molar-refractivity contribution in [1.82, 2.24) is 20.0 Å². The van der Waals surface area contributed by atoms with Crippen LogP contribution in [-0.4, -0.2) is 41.1 Å². The van der Waals surface area contributed by atoms with Crippen LogP contribution < -0.4 is 14.8 Å². The molecule has 1 aromatic heterocycles. The number of hydrogen-bond acceptors (Lipinski definition) is 4. The zero-order valence-electron chi connectivity index (χ0n) is 13.3. The standard InChI is InChI=1S/C16H20N4O3/c1-19(9-12-3-4-14-15(7-12)23-11-22-14)16(21)17-6-5-13-8-18-20(2)10-13/h3-4,7-8,10H,5-6,9,11H2,1-2H3,(H,17,21). The molecule has 7 heteroatoms. The second-order valence-electron chi connectivity index (χ2n) is 5.55. The summed E-state index contributed by atoms with van der Waals surface area (Å²) in [6.07, 6.45) is 4.52. The molecule has 2 aromatic rings. The summed E-state index contributed by atoms with van der Waals surface area (Å²) in [6, 6.07) is 5.60. The second kappa shape index (κ2) is 6.60. The Morgan fingerprint density at radius 3 is 2.96 bits per heavy atom. The van der Waals surface area contributed by atoms with Gasteiger partial charge in [-0.15, -0.1) is 0 Å². The summed E-state index contributed by atoms with van der Waals surface area (Å²) in [6.45, 7) is 1.34. The Morgan fingerprint density at radius 2 is 2.17 bits per heavy atom. The van der Waals surface area contributed by atoms with Gasteiger partial charge in [0.1, 0.15) is 0 Å². The first-order valence-electron chi connectivity index (χ1n) is 7.47. The summed E-state index contributed by atoms with van der Waals surface area (Å²) in [5.41, 5.74) is 2.10. The summed E-state index contributed by atoms with van der Waals surface area (Å²) in [7, 11) is 3.64. The van der Waals surface area contributed by atoms with Crippen LogP contribution in [0.2, 0.25) is 0 Å². The van der Waals surface area contributed by atoms with Crippen molar-refractivity contribution >= 4 is 6.03 Å². The molecule has 0 unspecified atom stereocenters. The fourth-order valence-corrected chi connectivity index (χ4v) is 2.43. The second-order valence-corrected chi connectivity index (χ2v) is 5.55. The largest absolute Gasteiger partial charge is 0.454 e. The van der Waals surface area contributed by atoms with Crippen molar-refractivity contribution in [1.29, 1.82) is 0 Å². The highest BCUT2D eigenvalue weighted by Crippen LogP contribution is 2.32. The number of hydrogen-bond donors (Lipinski definition) is 1. The van der Waals surface area contributed by atoms with E-state index in [2.05, 4.69) is 10.4 Å². The van der Waals surface area contributed by atoms with Gasteiger partial charge in [0.05, 0.1) is 6.20 Å². The fourth-order valence-electron chi connectivity index (χ4n) is 2.43. The Morgan fingerprint density at radius 1 is 1.35 bits per heavy atom. The molecule has 0 fully saturated rings. The van der Waals surface area contributed by atoms with E-state index in [-0.39, 0.29) is 12.8 Å². The summed E-state index contributed by atoms with van der Waals surface area (Å²) < 4.78 is 12.4. The molecule has 2 amide bonds. The van der Waals surface area contributed by atoms with Gasteiger partial charge in [-0.05, 0) is 29.7 Å². The van der Waals surface area contributed by atoms with Gasteiger partial charge in [-0.1, -0.05) is 6.07 Å². The van der Waals surface area contributed by atoms with E-state index in [0.717, 1.165) is 29.0 Å². The van der Waals surface area contributed by atoms with Gasteiger partial charge in [-0.25, -0.2) is 4.79 Å². The van der Waals surface area contributed by atoms with Crippen LogP contribution in [0.15, 0.2) is 30.6 Å². The third kappa shape index (κ3) is 3.74.